The lowest BCUT2D eigenvalue weighted by molar-refractivity contribution is 1.07. The fourth-order valence-corrected chi connectivity index (χ4v) is 1.86. The van der Waals surface area contributed by atoms with Crippen molar-refractivity contribution < 1.29 is 0 Å². The largest absolute Gasteiger partial charge is 0.379 e. The fourth-order valence-electron chi connectivity index (χ4n) is 1.63. The van der Waals surface area contributed by atoms with E-state index in [4.69, 9.17) is 0 Å². The summed E-state index contributed by atoms with van der Waals surface area (Å²) in [6.45, 7) is 4.96. The van der Waals surface area contributed by atoms with E-state index in [9.17, 15) is 0 Å². The Kier molecular flexibility index (Phi) is 3.29. The topological polar surface area (TPSA) is 40.7 Å². The van der Waals surface area contributed by atoms with E-state index in [2.05, 4.69) is 57.2 Å². The van der Waals surface area contributed by atoms with Crippen LogP contribution in [0, 0.1) is 13.8 Å². The number of hydrogen-bond acceptors (Lipinski definition) is 2. The van der Waals surface area contributed by atoms with Gasteiger partial charge in [0, 0.05) is 16.4 Å². The number of rotatable bonds is 3. The van der Waals surface area contributed by atoms with Crippen molar-refractivity contribution >= 4 is 21.6 Å². The molecule has 2 rings (SSSR count). The molecule has 0 saturated heterocycles. The standard InChI is InChI=1S/C12H14BrN3/c1-8-3-10(4-9(2)12(8)13)15-6-11-5-14-7-16-11/h3-5,7,15H,6H2,1-2H3,(H,14,16). The first-order valence-corrected chi connectivity index (χ1v) is 5.94. The molecule has 1 aromatic carbocycles. The summed E-state index contributed by atoms with van der Waals surface area (Å²) in [7, 11) is 0. The second-order valence-corrected chi connectivity index (χ2v) is 4.65. The highest BCUT2D eigenvalue weighted by Gasteiger charge is 2.02. The Balaban J connectivity index is 2.10. The lowest BCUT2D eigenvalue weighted by Gasteiger charge is -2.09. The molecule has 0 unspecified atom stereocenters. The van der Waals surface area contributed by atoms with E-state index in [1.54, 1.807) is 6.33 Å². The minimum atomic E-state index is 0.764. The zero-order valence-corrected chi connectivity index (χ0v) is 10.9. The highest BCUT2D eigenvalue weighted by atomic mass is 79.9. The molecule has 1 heterocycles. The molecule has 0 aliphatic heterocycles. The highest BCUT2D eigenvalue weighted by Crippen LogP contribution is 2.25. The molecule has 0 radical (unpaired) electrons. The summed E-state index contributed by atoms with van der Waals surface area (Å²) < 4.78 is 1.18. The van der Waals surface area contributed by atoms with E-state index in [1.165, 1.54) is 15.6 Å². The van der Waals surface area contributed by atoms with Crippen molar-refractivity contribution in [3.8, 4) is 0 Å². The molecule has 3 nitrogen and oxygen atoms in total. The van der Waals surface area contributed by atoms with E-state index in [1.807, 2.05) is 6.20 Å². The number of hydrogen-bond donors (Lipinski definition) is 2. The molecular weight excluding hydrogens is 266 g/mol. The third kappa shape index (κ3) is 2.44. The van der Waals surface area contributed by atoms with Crippen LogP contribution in [0.15, 0.2) is 29.1 Å². The number of aryl methyl sites for hydroxylation is 2. The third-order valence-corrected chi connectivity index (χ3v) is 3.73. The number of imidazole rings is 1. The average molecular weight is 280 g/mol. The van der Waals surface area contributed by atoms with Crippen LogP contribution < -0.4 is 5.32 Å². The molecule has 0 atom stereocenters. The molecule has 1 aromatic heterocycles. The Labute approximate surface area is 103 Å². The molecule has 0 amide bonds. The van der Waals surface area contributed by atoms with E-state index < -0.39 is 0 Å². The molecule has 84 valence electrons. The van der Waals surface area contributed by atoms with Gasteiger partial charge >= 0.3 is 0 Å². The Hall–Kier alpha value is -1.29. The van der Waals surface area contributed by atoms with Gasteiger partial charge in [-0.05, 0) is 37.1 Å². The van der Waals surface area contributed by atoms with Crippen LogP contribution in [-0.4, -0.2) is 9.97 Å². The molecular formula is C12H14BrN3. The second-order valence-electron chi connectivity index (χ2n) is 3.85. The maximum Gasteiger partial charge on any atom is 0.0922 e. The van der Waals surface area contributed by atoms with Gasteiger partial charge in [0.2, 0.25) is 0 Å². The van der Waals surface area contributed by atoms with Crippen LogP contribution in [0.25, 0.3) is 0 Å². The molecule has 0 fully saturated rings. The third-order valence-electron chi connectivity index (χ3n) is 2.47. The number of H-pyrrole nitrogens is 1. The van der Waals surface area contributed by atoms with Gasteiger partial charge in [0.15, 0.2) is 0 Å². The van der Waals surface area contributed by atoms with Gasteiger partial charge in [-0.3, -0.25) is 0 Å². The molecule has 0 bridgehead atoms. The van der Waals surface area contributed by atoms with Crippen molar-refractivity contribution in [3.63, 3.8) is 0 Å². The first-order valence-electron chi connectivity index (χ1n) is 5.14. The van der Waals surface area contributed by atoms with Crippen molar-refractivity contribution in [2.45, 2.75) is 20.4 Å². The van der Waals surface area contributed by atoms with Crippen LogP contribution in [0.1, 0.15) is 16.8 Å². The number of halogens is 1. The first-order chi connectivity index (χ1) is 7.66. The second kappa shape index (κ2) is 4.70. The molecule has 0 aliphatic rings. The zero-order chi connectivity index (χ0) is 11.5. The lowest BCUT2D eigenvalue weighted by Crippen LogP contribution is -2.00. The van der Waals surface area contributed by atoms with Gasteiger partial charge in [-0.25, -0.2) is 4.98 Å². The van der Waals surface area contributed by atoms with Crippen molar-refractivity contribution in [2.75, 3.05) is 5.32 Å². The van der Waals surface area contributed by atoms with Crippen LogP contribution in [0.5, 0.6) is 0 Å². The van der Waals surface area contributed by atoms with Gasteiger partial charge < -0.3 is 10.3 Å². The molecule has 0 spiro atoms. The van der Waals surface area contributed by atoms with Gasteiger partial charge in [0.25, 0.3) is 0 Å². The van der Waals surface area contributed by atoms with Crippen LogP contribution in [0.2, 0.25) is 0 Å². The minimum Gasteiger partial charge on any atom is -0.379 e. The van der Waals surface area contributed by atoms with E-state index in [0.29, 0.717) is 0 Å². The van der Waals surface area contributed by atoms with Gasteiger partial charge in [-0.15, -0.1) is 0 Å². The highest BCUT2D eigenvalue weighted by molar-refractivity contribution is 9.10. The molecule has 2 N–H and O–H groups in total. The Morgan fingerprint density at radius 1 is 1.31 bits per heavy atom. The average Bonchev–Trinajstić information content (AvgIpc) is 2.75. The molecule has 2 aromatic rings. The summed E-state index contributed by atoms with van der Waals surface area (Å²) in [6, 6.07) is 4.26. The molecule has 0 aliphatic carbocycles. The molecule has 4 heteroatoms. The normalized spacial score (nSPS) is 10.4. The van der Waals surface area contributed by atoms with Crippen molar-refractivity contribution in [3.05, 3.63) is 46.0 Å². The van der Waals surface area contributed by atoms with Crippen molar-refractivity contribution in [1.29, 1.82) is 0 Å². The van der Waals surface area contributed by atoms with Gasteiger partial charge in [-0.2, -0.15) is 0 Å². The number of aromatic nitrogens is 2. The maximum absolute atomic E-state index is 3.98. The zero-order valence-electron chi connectivity index (χ0n) is 9.34. The number of benzene rings is 1. The lowest BCUT2D eigenvalue weighted by atomic mass is 10.1. The van der Waals surface area contributed by atoms with Crippen LogP contribution >= 0.6 is 15.9 Å². The van der Waals surface area contributed by atoms with Gasteiger partial charge in [0.1, 0.15) is 0 Å². The summed E-state index contributed by atoms with van der Waals surface area (Å²) in [4.78, 5) is 7.05. The number of anilines is 1. The van der Waals surface area contributed by atoms with E-state index in [0.717, 1.165) is 17.9 Å². The van der Waals surface area contributed by atoms with Gasteiger partial charge in [0.05, 0.1) is 18.6 Å². The summed E-state index contributed by atoms with van der Waals surface area (Å²) in [5.74, 6) is 0. The van der Waals surface area contributed by atoms with Crippen molar-refractivity contribution in [1.82, 2.24) is 9.97 Å². The first kappa shape index (κ1) is 11.2. The van der Waals surface area contributed by atoms with Crippen LogP contribution in [-0.2, 0) is 6.54 Å². The minimum absolute atomic E-state index is 0.764. The Bertz CT molecular complexity index is 454. The van der Waals surface area contributed by atoms with Crippen LogP contribution in [0.4, 0.5) is 5.69 Å². The van der Waals surface area contributed by atoms with E-state index >= 15 is 0 Å². The predicted octanol–water partition coefficient (Wildman–Crippen LogP) is 3.40. The SMILES string of the molecule is Cc1cc(NCc2cnc[nH]2)cc(C)c1Br. The van der Waals surface area contributed by atoms with E-state index in [-0.39, 0.29) is 0 Å². The summed E-state index contributed by atoms with van der Waals surface area (Å²) in [6.07, 6.45) is 3.51. The summed E-state index contributed by atoms with van der Waals surface area (Å²) in [5.41, 5.74) is 4.70. The fraction of sp³-hybridized carbons (Fsp3) is 0.250. The predicted molar refractivity (Wildman–Crippen MR) is 69.5 cm³/mol. The number of aromatic amines is 1. The summed E-state index contributed by atoms with van der Waals surface area (Å²) >= 11 is 3.56. The maximum atomic E-state index is 3.98. The quantitative estimate of drug-likeness (QED) is 0.904. The Morgan fingerprint density at radius 3 is 2.56 bits per heavy atom. The van der Waals surface area contributed by atoms with Crippen LogP contribution in [0.3, 0.4) is 0 Å². The smallest absolute Gasteiger partial charge is 0.0922 e. The number of nitrogens with zero attached hydrogens (tertiary/aromatic N) is 1. The Morgan fingerprint density at radius 2 is 2.00 bits per heavy atom. The van der Waals surface area contributed by atoms with Crippen molar-refractivity contribution in [2.24, 2.45) is 0 Å². The number of nitrogens with one attached hydrogen (secondary N) is 2. The van der Waals surface area contributed by atoms with Gasteiger partial charge in [-0.1, -0.05) is 15.9 Å². The molecule has 16 heavy (non-hydrogen) atoms. The monoisotopic (exact) mass is 279 g/mol. The molecule has 0 saturated carbocycles. The summed E-state index contributed by atoms with van der Waals surface area (Å²) in [5, 5.41) is 3.36.